The quantitative estimate of drug-likeness (QED) is 0.327. The van der Waals surface area contributed by atoms with Crippen LogP contribution in [0, 0.1) is 10.1 Å². The summed E-state index contributed by atoms with van der Waals surface area (Å²) in [6, 6.07) is 11.6. The predicted molar refractivity (Wildman–Crippen MR) is 103 cm³/mol. The van der Waals surface area contributed by atoms with Crippen molar-refractivity contribution in [3.63, 3.8) is 0 Å². The first-order chi connectivity index (χ1) is 12.3. The van der Waals surface area contributed by atoms with Crippen molar-refractivity contribution in [2.24, 2.45) is 5.73 Å². The van der Waals surface area contributed by atoms with Gasteiger partial charge in [0.2, 0.25) is 0 Å². The number of methoxy groups -OCH3 is 1. The number of nitro groups is 1. The molecule has 0 bridgehead atoms. The molecule has 2 aromatic carbocycles. The van der Waals surface area contributed by atoms with Crippen molar-refractivity contribution in [2.75, 3.05) is 13.8 Å². The number of non-ortho nitro benzene ring substituents is 1. The Bertz CT molecular complexity index is 769. The number of benzene rings is 2. The average molecular weight is 399 g/mol. The van der Waals surface area contributed by atoms with E-state index in [1.54, 1.807) is 24.3 Å². The van der Waals surface area contributed by atoms with Crippen molar-refractivity contribution in [3.8, 4) is 0 Å². The van der Waals surface area contributed by atoms with Gasteiger partial charge in [-0.05, 0) is 35.7 Å². The Labute approximate surface area is 162 Å². The maximum absolute atomic E-state index is 10.9. The molecule has 0 unspecified atom stereocenters. The first-order valence-corrected chi connectivity index (χ1v) is 8.31. The van der Waals surface area contributed by atoms with Crippen LogP contribution in [0.25, 0.3) is 0 Å². The molecule has 0 spiro atoms. The van der Waals surface area contributed by atoms with Crippen molar-refractivity contribution in [1.29, 1.82) is 0 Å². The van der Waals surface area contributed by atoms with E-state index in [0.29, 0.717) is 22.2 Å². The second-order valence-electron chi connectivity index (χ2n) is 5.20. The van der Waals surface area contributed by atoms with Crippen LogP contribution in [-0.2, 0) is 11.2 Å². The Morgan fingerprint density at radius 3 is 2.58 bits per heavy atom. The number of nitro benzene ring substituents is 1. The molecular weight excluding hydrogens is 379 g/mol. The van der Waals surface area contributed by atoms with Crippen LogP contribution in [-0.4, -0.2) is 23.9 Å². The van der Waals surface area contributed by atoms with E-state index >= 15 is 0 Å². The fraction of sp³-hybridized carbons (Fsp3) is 0.222. The Kier molecular flexibility index (Phi) is 9.09. The van der Waals surface area contributed by atoms with Crippen LogP contribution in [0.2, 0.25) is 10.0 Å². The van der Waals surface area contributed by atoms with Gasteiger partial charge in [0, 0.05) is 28.1 Å². The maximum Gasteiger partial charge on any atom is 0.269 e. The predicted octanol–water partition coefficient (Wildman–Crippen LogP) is 4.28. The molecule has 0 aliphatic heterocycles. The van der Waals surface area contributed by atoms with E-state index in [1.807, 2.05) is 6.07 Å². The molecular formula is C18H20Cl2N2O4. The molecule has 1 atom stereocenters. The lowest BCUT2D eigenvalue weighted by Gasteiger charge is -2.20. The maximum atomic E-state index is 10.9. The van der Waals surface area contributed by atoms with Gasteiger partial charge in [0.1, 0.15) is 0 Å². The van der Waals surface area contributed by atoms with Crippen molar-refractivity contribution in [1.82, 2.24) is 0 Å². The van der Waals surface area contributed by atoms with Crippen molar-refractivity contribution >= 4 is 28.9 Å². The van der Waals surface area contributed by atoms with E-state index < -0.39 is 4.92 Å². The van der Waals surface area contributed by atoms with Crippen LogP contribution >= 0.6 is 23.2 Å². The normalized spacial score (nSPS) is 11.1. The van der Waals surface area contributed by atoms with Gasteiger partial charge in [-0.15, -0.1) is 0 Å². The van der Waals surface area contributed by atoms with Gasteiger partial charge in [-0.25, -0.2) is 0 Å². The number of halogens is 2. The molecule has 0 amide bonds. The lowest BCUT2D eigenvalue weighted by Crippen LogP contribution is -2.08. The minimum atomic E-state index is -0.421. The van der Waals surface area contributed by atoms with Crippen molar-refractivity contribution in [2.45, 2.75) is 12.3 Å². The molecule has 2 rings (SSSR count). The zero-order chi connectivity index (χ0) is 19.7. The highest BCUT2D eigenvalue weighted by atomic mass is 35.5. The molecule has 140 valence electrons. The SMILES string of the molecule is C=C(OC)[C@H](Cc1cccc([N+](=O)[O-])c1)c1cc(Cl)ccc1Cl.NCO. The highest BCUT2D eigenvalue weighted by Crippen LogP contribution is 2.35. The molecule has 0 aliphatic rings. The second-order valence-corrected chi connectivity index (χ2v) is 6.05. The number of aliphatic hydroxyl groups is 1. The fourth-order valence-electron chi connectivity index (χ4n) is 2.35. The molecule has 0 aromatic heterocycles. The standard InChI is InChI=1S/C17H15Cl2NO3.CH5NO/c1-11(23-2)15(16-10-13(18)6-7-17(16)19)9-12-4-3-5-14(8-12)20(21)22;2-1-3/h3-8,10,15H,1,9H2,2H3;3H,1-2H2/t15-;/m0./s1. The third-order valence-corrected chi connectivity index (χ3v) is 4.12. The van der Waals surface area contributed by atoms with Gasteiger partial charge in [-0.2, -0.15) is 0 Å². The van der Waals surface area contributed by atoms with E-state index in [2.05, 4.69) is 12.3 Å². The van der Waals surface area contributed by atoms with Crippen LogP contribution in [0.4, 0.5) is 5.69 Å². The van der Waals surface area contributed by atoms with Gasteiger partial charge in [0.05, 0.1) is 24.5 Å². The summed E-state index contributed by atoms with van der Waals surface area (Å²) in [6.45, 7) is 3.67. The number of nitrogens with two attached hydrogens (primary N) is 1. The average Bonchev–Trinajstić information content (AvgIpc) is 2.62. The molecule has 26 heavy (non-hydrogen) atoms. The highest BCUT2D eigenvalue weighted by molar-refractivity contribution is 6.33. The summed E-state index contributed by atoms with van der Waals surface area (Å²) in [5.74, 6) is 0.258. The van der Waals surface area contributed by atoms with Crippen molar-refractivity contribution < 1.29 is 14.8 Å². The summed E-state index contributed by atoms with van der Waals surface area (Å²) in [6.07, 6.45) is 0.467. The number of aliphatic hydroxyl groups excluding tert-OH is 1. The summed E-state index contributed by atoms with van der Waals surface area (Å²) in [7, 11) is 1.53. The third-order valence-electron chi connectivity index (χ3n) is 3.55. The lowest BCUT2D eigenvalue weighted by atomic mass is 9.90. The van der Waals surface area contributed by atoms with Crippen LogP contribution in [0.3, 0.4) is 0 Å². The van der Waals surface area contributed by atoms with Gasteiger partial charge in [-0.1, -0.05) is 41.9 Å². The minimum absolute atomic E-state index is 0.0430. The monoisotopic (exact) mass is 398 g/mol. The molecule has 8 heteroatoms. The summed E-state index contributed by atoms with van der Waals surface area (Å²) in [5.41, 5.74) is 6.01. The highest BCUT2D eigenvalue weighted by Gasteiger charge is 2.21. The topological polar surface area (TPSA) is 98.6 Å². The Balaban J connectivity index is 0.00000105. The fourth-order valence-corrected chi connectivity index (χ4v) is 2.78. The van der Waals surface area contributed by atoms with Crippen LogP contribution in [0.5, 0.6) is 0 Å². The smallest absolute Gasteiger partial charge is 0.269 e. The number of allylic oxidation sites excluding steroid dienone is 1. The first-order valence-electron chi connectivity index (χ1n) is 7.56. The molecule has 0 radical (unpaired) electrons. The number of nitrogens with zero attached hydrogens (tertiary/aromatic N) is 1. The second kappa shape index (κ2) is 10.8. The molecule has 3 N–H and O–H groups in total. The van der Waals surface area contributed by atoms with E-state index in [1.165, 1.54) is 19.2 Å². The Morgan fingerprint density at radius 1 is 1.35 bits per heavy atom. The Hall–Kier alpha value is -2.12. The first kappa shape index (κ1) is 21.9. The zero-order valence-corrected chi connectivity index (χ0v) is 15.7. The molecule has 0 fully saturated rings. The lowest BCUT2D eigenvalue weighted by molar-refractivity contribution is -0.384. The number of rotatable bonds is 6. The summed E-state index contributed by atoms with van der Waals surface area (Å²) in [4.78, 5) is 10.5. The number of hydrogen-bond acceptors (Lipinski definition) is 5. The molecule has 0 saturated heterocycles. The van der Waals surface area contributed by atoms with Gasteiger partial charge >= 0.3 is 0 Å². The summed E-state index contributed by atoms with van der Waals surface area (Å²) >= 11 is 12.3. The zero-order valence-electron chi connectivity index (χ0n) is 14.2. The summed E-state index contributed by atoms with van der Waals surface area (Å²) in [5, 5.41) is 19.4. The molecule has 6 nitrogen and oxygen atoms in total. The third kappa shape index (κ3) is 6.31. The van der Waals surface area contributed by atoms with Crippen LogP contribution in [0.1, 0.15) is 17.0 Å². The molecule has 0 saturated carbocycles. The van der Waals surface area contributed by atoms with E-state index in [4.69, 9.17) is 33.0 Å². The van der Waals surface area contributed by atoms with Gasteiger partial charge in [0.25, 0.3) is 5.69 Å². The van der Waals surface area contributed by atoms with Crippen LogP contribution < -0.4 is 5.73 Å². The van der Waals surface area contributed by atoms with Gasteiger partial charge < -0.3 is 15.6 Å². The Morgan fingerprint density at radius 2 is 2.00 bits per heavy atom. The summed E-state index contributed by atoms with van der Waals surface area (Å²) < 4.78 is 5.28. The number of hydrogen-bond donors (Lipinski definition) is 2. The van der Waals surface area contributed by atoms with E-state index in [-0.39, 0.29) is 18.3 Å². The number of ether oxygens (including phenoxy) is 1. The minimum Gasteiger partial charge on any atom is -0.501 e. The van der Waals surface area contributed by atoms with Gasteiger partial charge in [-0.3, -0.25) is 10.1 Å². The van der Waals surface area contributed by atoms with E-state index in [9.17, 15) is 10.1 Å². The molecule has 0 heterocycles. The van der Waals surface area contributed by atoms with Crippen molar-refractivity contribution in [3.05, 3.63) is 86.1 Å². The molecule has 0 aliphatic carbocycles. The van der Waals surface area contributed by atoms with Gasteiger partial charge in [0.15, 0.2) is 0 Å². The largest absolute Gasteiger partial charge is 0.501 e. The van der Waals surface area contributed by atoms with Crippen LogP contribution in [0.15, 0.2) is 54.8 Å². The van der Waals surface area contributed by atoms with E-state index in [0.717, 1.165) is 11.1 Å². The molecule has 2 aromatic rings.